The van der Waals surface area contributed by atoms with E-state index in [4.69, 9.17) is 0 Å². The summed E-state index contributed by atoms with van der Waals surface area (Å²) >= 11 is 0. The fourth-order valence-corrected chi connectivity index (χ4v) is 2.85. The topological polar surface area (TPSA) is 35.6 Å². The number of hydrogen-bond donors (Lipinski definition) is 1. The lowest BCUT2D eigenvalue weighted by molar-refractivity contribution is -0.122. The lowest BCUT2D eigenvalue weighted by atomic mass is 10.1. The van der Waals surface area contributed by atoms with Crippen LogP contribution in [0.2, 0.25) is 0 Å². The van der Waals surface area contributed by atoms with Gasteiger partial charge in [-0.1, -0.05) is 18.2 Å². The van der Waals surface area contributed by atoms with Crippen LogP contribution in [0.25, 0.3) is 0 Å². The smallest absolute Gasteiger partial charge is 0.234 e. The van der Waals surface area contributed by atoms with Crippen molar-refractivity contribution in [3.63, 3.8) is 0 Å². The summed E-state index contributed by atoms with van der Waals surface area (Å²) in [7, 11) is 3.73. The minimum atomic E-state index is -0.487. The molecular formula is C21H27F2N3O. The van der Waals surface area contributed by atoms with E-state index in [1.165, 1.54) is 6.07 Å². The Bertz CT molecular complexity index is 739. The minimum absolute atomic E-state index is 0.117. The molecular weight excluding hydrogens is 348 g/mol. The predicted molar refractivity (Wildman–Crippen MR) is 105 cm³/mol. The number of likely N-dealkylation sites (N-methyl/N-ethyl adjacent to an activating group) is 1. The normalized spacial score (nSPS) is 12.1. The predicted octanol–water partition coefficient (Wildman–Crippen LogP) is 3.60. The summed E-state index contributed by atoms with van der Waals surface area (Å²) in [6.07, 6.45) is 0.814. The lowest BCUT2D eigenvalue weighted by Crippen LogP contribution is -2.37. The van der Waals surface area contributed by atoms with Gasteiger partial charge in [-0.15, -0.1) is 0 Å². The lowest BCUT2D eigenvalue weighted by Gasteiger charge is -2.25. The van der Waals surface area contributed by atoms with Crippen LogP contribution in [0, 0.1) is 11.6 Å². The number of carbonyl (C=O) groups excluding carboxylic acids is 1. The molecule has 1 amide bonds. The highest BCUT2D eigenvalue weighted by Crippen LogP contribution is 2.22. The van der Waals surface area contributed by atoms with E-state index in [1.54, 1.807) is 18.9 Å². The molecule has 0 aliphatic rings. The average molecular weight is 375 g/mol. The third kappa shape index (κ3) is 6.32. The third-order valence-electron chi connectivity index (χ3n) is 4.65. The first-order valence-corrected chi connectivity index (χ1v) is 9.06. The van der Waals surface area contributed by atoms with E-state index in [0.29, 0.717) is 6.54 Å². The van der Waals surface area contributed by atoms with Gasteiger partial charge in [0, 0.05) is 37.4 Å². The maximum atomic E-state index is 13.9. The maximum absolute atomic E-state index is 13.9. The molecule has 2 aromatic carbocycles. The SMILES string of the molecule is CC(c1cc(F)ccc1F)N(C)CC(=O)NCCCN(C)c1ccccc1. The standard InChI is InChI=1S/C21H27F2N3O/c1-16(19-14-17(22)10-11-20(19)23)26(3)15-21(27)24-12-7-13-25(2)18-8-5-4-6-9-18/h4-6,8-11,14,16H,7,12-13,15H2,1-3H3,(H,24,27). The number of hydrogen-bond acceptors (Lipinski definition) is 3. The molecule has 2 aromatic rings. The second kappa shape index (κ2) is 10.0. The van der Waals surface area contributed by atoms with Crippen molar-refractivity contribution in [1.82, 2.24) is 10.2 Å². The zero-order chi connectivity index (χ0) is 19.8. The van der Waals surface area contributed by atoms with Gasteiger partial charge >= 0.3 is 0 Å². The molecule has 0 heterocycles. The second-order valence-electron chi connectivity index (χ2n) is 6.72. The molecule has 0 aromatic heterocycles. The Balaban J connectivity index is 1.74. The van der Waals surface area contributed by atoms with E-state index >= 15 is 0 Å². The van der Waals surface area contributed by atoms with Crippen molar-refractivity contribution in [2.45, 2.75) is 19.4 Å². The van der Waals surface area contributed by atoms with Gasteiger partial charge in [-0.25, -0.2) is 8.78 Å². The Morgan fingerprint density at radius 1 is 1.11 bits per heavy atom. The zero-order valence-electron chi connectivity index (χ0n) is 16.1. The quantitative estimate of drug-likeness (QED) is 0.680. The molecule has 27 heavy (non-hydrogen) atoms. The molecule has 0 bridgehead atoms. The number of halogens is 2. The van der Waals surface area contributed by atoms with Crippen molar-refractivity contribution in [2.24, 2.45) is 0 Å². The first-order valence-electron chi connectivity index (χ1n) is 9.06. The molecule has 4 nitrogen and oxygen atoms in total. The summed E-state index contributed by atoms with van der Waals surface area (Å²) in [5.74, 6) is -1.10. The summed E-state index contributed by atoms with van der Waals surface area (Å²) in [6, 6.07) is 13.0. The largest absolute Gasteiger partial charge is 0.375 e. The summed E-state index contributed by atoms with van der Waals surface area (Å²) < 4.78 is 27.2. The highest BCUT2D eigenvalue weighted by Gasteiger charge is 2.18. The van der Waals surface area contributed by atoms with E-state index in [2.05, 4.69) is 10.2 Å². The molecule has 0 aliphatic heterocycles. The number of rotatable bonds is 9. The number of anilines is 1. The van der Waals surface area contributed by atoms with Gasteiger partial charge in [0.25, 0.3) is 0 Å². The molecule has 0 spiro atoms. The van der Waals surface area contributed by atoms with Crippen molar-refractivity contribution in [3.8, 4) is 0 Å². The first-order chi connectivity index (χ1) is 12.9. The van der Waals surface area contributed by atoms with Gasteiger partial charge in [0.2, 0.25) is 5.91 Å². The van der Waals surface area contributed by atoms with Gasteiger partial charge in [0.1, 0.15) is 11.6 Å². The van der Waals surface area contributed by atoms with Crippen LogP contribution in [-0.4, -0.2) is 44.5 Å². The number of amides is 1. The second-order valence-corrected chi connectivity index (χ2v) is 6.72. The summed E-state index contributed by atoms with van der Waals surface area (Å²) in [4.78, 5) is 16.0. The molecule has 0 fully saturated rings. The number of para-hydroxylation sites is 1. The summed E-state index contributed by atoms with van der Waals surface area (Å²) in [6.45, 7) is 3.25. The highest BCUT2D eigenvalue weighted by molar-refractivity contribution is 5.78. The minimum Gasteiger partial charge on any atom is -0.375 e. The Morgan fingerprint density at radius 2 is 1.81 bits per heavy atom. The molecule has 0 saturated carbocycles. The molecule has 0 radical (unpaired) electrons. The van der Waals surface area contributed by atoms with Gasteiger partial charge in [-0.2, -0.15) is 0 Å². The molecule has 1 unspecified atom stereocenters. The molecule has 2 rings (SSSR count). The van der Waals surface area contributed by atoms with Crippen molar-refractivity contribution in [1.29, 1.82) is 0 Å². The van der Waals surface area contributed by atoms with Crippen molar-refractivity contribution in [3.05, 3.63) is 65.7 Å². The van der Waals surface area contributed by atoms with Gasteiger partial charge < -0.3 is 10.2 Å². The van der Waals surface area contributed by atoms with Crippen molar-refractivity contribution in [2.75, 3.05) is 38.6 Å². The van der Waals surface area contributed by atoms with Crippen LogP contribution in [0.3, 0.4) is 0 Å². The molecule has 0 saturated heterocycles. The van der Waals surface area contributed by atoms with Crippen LogP contribution >= 0.6 is 0 Å². The van der Waals surface area contributed by atoms with Crippen LogP contribution in [0.5, 0.6) is 0 Å². The van der Waals surface area contributed by atoms with E-state index in [-0.39, 0.29) is 18.0 Å². The number of benzene rings is 2. The fourth-order valence-electron chi connectivity index (χ4n) is 2.85. The third-order valence-corrected chi connectivity index (χ3v) is 4.65. The van der Waals surface area contributed by atoms with Gasteiger partial charge in [-0.3, -0.25) is 9.69 Å². The Labute approximate surface area is 159 Å². The van der Waals surface area contributed by atoms with Crippen LogP contribution in [0.4, 0.5) is 14.5 Å². The Hall–Kier alpha value is -2.47. The maximum Gasteiger partial charge on any atom is 0.234 e. The van der Waals surface area contributed by atoms with Crippen LogP contribution < -0.4 is 10.2 Å². The first kappa shape index (κ1) is 20.8. The van der Waals surface area contributed by atoms with Crippen LogP contribution in [0.15, 0.2) is 48.5 Å². The molecule has 1 atom stereocenters. The average Bonchev–Trinajstić information content (AvgIpc) is 2.67. The van der Waals surface area contributed by atoms with E-state index in [1.807, 2.05) is 37.4 Å². The van der Waals surface area contributed by atoms with Gasteiger partial charge in [0.05, 0.1) is 6.54 Å². The van der Waals surface area contributed by atoms with E-state index in [0.717, 1.165) is 30.8 Å². The summed E-state index contributed by atoms with van der Waals surface area (Å²) in [5.41, 5.74) is 1.38. The van der Waals surface area contributed by atoms with E-state index in [9.17, 15) is 13.6 Å². The van der Waals surface area contributed by atoms with Gasteiger partial charge in [0.15, 0.2) is 0 Å². The monoisotopic (exact) mass is 375 g/mol. The number of carbonyl (C=O) groups is 1. The van der Waals surface area contributed by atoms with Crippen LogP contribution in [0.1, 0.15) is 24.9 Å². The van der Waals surface area contributed by atoms with Crippen LogP contribution in [-0.2, 0) is 4.79 Å². The van der Waals surface area contributed by atoms with E-state index < -0.39 is 17.7 Å². The van der Waals surface area contributed by atoms with Crippen molar-refractivity contribution >= 4 is 11.6 Å². The highest BCUT2D eigenvalue weighted by atomic mass is 19.1. The van der Waals surface area contributed by atoms with Crippen molar-refractivity contribution < 1.29 is 13.6 Å². The molecule has 0 aliphatic carbocycles. The van der Waals surface area contributed by atoms with Gasteiger partial charge in [-0.05, 0) is 50.7 Å². The number of nitrogens with one attached hydrogen (secondary N) is 1. The summed E-state index contributed by atoms with van der Waals surface area (Å²) in [5, 5.41) is 2.88. The Kier molecular flexibility index (Phi) is 7.73. The molecule has 1 N–H and O–H groups in total. The molecule has 146 valence electrons. The number of nitrogens with zero attached hydrogens (tertiary/aromatic N) is 2. The zero-order valence-corrected chi connectivity index (χ0v) is 16.1. The Morgan fingerprint density at radius 3 is 2.52 bits per heavy atom. The fraction of sp³-hybridized carbons (Fsp3) is 0.381. The molecule has 6 heteroatoms.